The summed E-state index contributed by atoms with van der Waals surface area (Å²) in [5.74, 6) is 0.767. The average Bonchev–Trinajstić information content (AvgIpc) is 2.91. The summed E-state index contributed by atoms with van der Waals surface area (Å²) in [6, 6.07) is 1.92. The van der Waals surface area contributed by atoms with E-state index >= 15 is 0 Å². The molecule has 1 amide bonds. The van der Waals surface area contributed by atoms with Crippen LogP contribution in [-0.4, -0.2) is 50.3 Å². The lowest BCUT2D eigenvalue weighted by Crippen LogP contribution is -2.44. The summed E-state index contributed by atoms with van der Waals surface area (Å²) in [7, 11) is 0. The fourth-order valence-corrected chi connectivity index (χ4v) is 2.76. The van der Waals surface area contributed by atoms with Gasteiger partial charge in [-0.15, -0.1) is 0 Å². The van der Waals surface area contributed by atoms with Crippen molar-refractivity contribution in [2.45, 2.75) is 33.4 Å². The third kappa shape index (κ3) is 3.73. The number of aryl methyl sites for hydroxylation is 3. The van der Waals surface area contributed by atoms with Crippen molar-refractivity contribution in [3.05, 3.63) is 41.2 Å². The largest absolute Gasteiger partial charge is 0.368 e. The van der Waals surface area contributed by atoms with Gasteiger partial charge in [-0.1, -0.05) is 0 Å². The highest BCUT2D eigenvalue weighted by molar-refractivity contribution is 5.76. The first-order chi connectivity index (χ1) is 11.0. The maximum Gasteiger partial charge on any atom is 0.244 e. The molecule has 3 heterocycles. The molecule has 23 heavy (non-hydrogen) atoms. The van der Waals surface area contributed by atoms with Crippen LogP contribution >= 0.6 is 0 Å². The molecule has 0 N–H and O–H groups in total. The van der Waals surface area contributed by atoms with Crippen LogP contribution in [-0.2, 0) is 16.1 Å². The zero-order valence-corrected chi connectivity index (χ0v) is 13.7. The Morgan fingerprint density at radius 1 is 1.35 bits per heavy atom. The Labute approximate surface area is 135 Å². The van der Waals surface area contributed by atoms with E-state index in [4.69, 9.17) is 4.74 Å². The number of hydrogen-bond donors (Lipinski definition) is 0. The highest BCUT2D eigenvalue weighted by atomic mass is 16.5. The molecule has 0 spiro atoms. The van der Waals surface area contributed by atoms with Gasteiger partial charge in [0.15, 0.2) is 0 Å². The minimum absolute atomic E-state index is 0.0453. The Hall–Kier alpha value is -2.28. The van der Waals surface area contributed by atoms with E-state index in [9.17, 15) is 4.79 Å². The molecular weight excluding hydrogens is 294 g/mol. The van der Waals surface area contributed by atoms with Crippen LogP contribution in [0.4, 0.5) is 0 Å². The minimum Gasteiger partial charge on any atom is -0.368 e. The summed E-state index contributed by atoms with van der Waals surface area (Å²) >= 11 is 0. The van der Waals surface area contributed by atoms with Gasteiger partial charge in [-0.2, -0.15) is 5.10 Å². The molecule has 0 saturated carbocycles. The summed E-state index contributed by atoms with van der Waals surface area (Å²) in [6.07, 6.45) is 3.42. The number of rotatable bonds is 3. The third-order valence-corrected chi connectivity index (χ3v) is 3.79. The van der Waals surface area contributed by atoms with Crippen molar-refractivity contribution in [1.82, 2.24) is 24.6 Å². The first kappa shape index (κ1) is 15.6. The van der Waals surface area contributed by atoms with Crippen LogP contribution in [0, 0.1) is 20.8 Å². The summed E-state index contributed by atoms with van der Waals surface area (Å²) in [4.78, 5) is 23.0. The van der Waals surface area contributed by atoms with E-state index in [0.717, 1.165) is 22.8 Å². The van der Waals surface area contributed by atoms with E-state index in [-0.39, 0.29) is 18.6 Å². The first-order valence-electron chi connectivity index (χ1n) is 7.72. The van der Waals surface area contributed by atoms with Gasteiger partial charge in [0.25, 0.3) is 0 Å². The zero-order valence-electron chi connectivity index (χ0n) is 13.7. The SMILES string of the molecule is Cc1cnn(CC(=O)N2CCO[C@@H](c3cc(C)nc(C)n3)C2)c1. The summed E-state index contributed by atoms with van der Waals surface area (Å²) in [6.45, 7) is 7.62. The fourth-order valence-electron chi connectivity index (χ4n) is 2.76. The molecule has 0 aliphatic carbocycles. The van der Waals surface area contributed by atoms with Crippen molar-refractivity contribution >= 4 is 5.91 Å². The molecule has 1 atom stereocenters. The van der Waals surface area contributed by atoms with Crippen molar-refractivity contribution in [3.63, 3.8) is 0 Å². The minimum atomic E-state index is -0.201. The molecule has 2 aromatic heterocycles. The fraction of sp³-hybridized carbons (Fsp3) is 0.500. The van der Waals surface area contributed by atoms with Gasteiger partial charge in [-0.25, -0.2) is 9.97 Å². The van der Waals surface area contributed by atoms with E-state index < -0.39 is 0 Å². The first-order valence-corrected chi connectivity index (χ1v) is 7.72. The van der Waals surface area contributed by atoms with Crippen LogP contribution in [0.3, 0.4) is 0 Å². The number of morpholine rings is 1. The van der Waals surface area contributed by atoms with Gasteiger partial charge in [0.05, 0.1) is 25.0 Å². The molecule has 1 fully saturated rings. The van der Waals surface area contributed by atoms with E-state index in [1.54, 1.807) is 10.9 Å². The molecule has 2 aromatic rings. The molecule has 3 rings (SSSR count). The van der Waals surface area contributed by atoms with Gasteiger partial charge in [-0.05, 0) is 32.4 Å². The maximum absolute atomic E-state index is 12.5. The lowest BCUT2D eigenvalue weighted by Gasteiger charge is -2.32. The molecule has 0 radical (unpaired) electrons. The van der Waals surface area contributed by atoms with Crippen molar-refractivity contribution in [2.75, 3.05) is 19.7 Å². The predicted octanol–water partition coefficient (Wildman–Crippen LogP) is 1.20. The number of hydrogen-bond acceptors (Lipinski definition) is 5. The van der Waals surface area contributed by atoms with Crippen molar-refractivity contribution in [2.24, 2.45) is 0 Å². The number of aromatic nitrogens is 4. The average molecular weight is 315 g/mol. The van der Waals surface area contributed by atoms with Crippen LogP contribution in [0.2, 0.25) is 0 Å². The normalized spacial score (nSPS) is 18.2. The Kier molecular flexibility index (Phi) is 4.38. The van der Waals surface area contributed by atoms with Gasteiger partial charge >= 0.3 is 0 Å². The number of carbonyl (C=O) groups is 1. The van der Waals surface area contributed by atoms with Gasteiger partial charge in [0, 0.05) is 18.4 Å². The Balaban J connectivity index is 1.69. The van der Waals surface area contributed by atoms with Crippen LogP contribution < -0.4 is 0 Å². The molecule has 0 bridgehead atoms. The van der Waals surface area contributed by atoms with E-state index in [1.165, 1.54) is 0 Å². The molecular formula is C16H21N5O2. The van der Waals surface area contributed by atoms with Crippen molar-refractivity contribution in [1.29, 1.82) is 0 Å². The monoisotopic (exact) mass is 315 g/mol. The summed E-state index contributed by atoms with van der Waals surface area (Å²) in [5.41, 5.74) is 2.79. The quantitative estimate of drug-likeness (QED) is 0.851. The second kappa shape index (κ2) is 6.45. The Morgan fingerprint density at radius 2 is 2.17 bits per heavy atom. The second-order valence-electron chi connectivity index (χ2n) is 5.90. The predicted molar refractivity (Wildman–Crippen MR) is 83.7 cm³/mol. The van der Waals surface area contributed by atoms with Gasteiger partial charge in [-0.3, -0.25) is 9.48 Å². The van der Waals surface area contributed by atoms with Crippen LogP contribution in [0.1, 0.15) is 28.9 Å². The van der Waals surface area contributed by atoms with E-state index in [1.807, 2.05) is 37.9 Å². The summed E-state index contributed by atoms with van der Waals surface area (Å²) in [5, 5.41) is 4.17. The standard InChI is InChI=1S/C16H21N5O2/c1-11-7-17-21(8-11)10-16(22)20-4-5-23-15(9-20)14-6-12(2)18-13(3)19-14/h6-8,15H,4-5,9-10H2,1-3H3/t15-/m1/s1. The van der Waals surface area contributed by atoms with Crippen LogP contribution in [0.15, 0.2) is 18.5 Å². The van der Waals surface area contributed by atoms with Crippen LogP contribution in [0.5, 0.6) is 0 Å². The topological polar surface area (TPSA) is 73.1 Å². The molecule has 7 nitrogen and oxygen atoms in total. The molecule has 122 valence electrons. The lowest BCUT2D eigenvalue weighted by molar-refractivity contribution is -0.140. The highest BCUT2D eigenvalue weighted by Crippen LogP contribution is 2.21. The second-order valence-corrected chi connectivity index (χ2v) is 5.90. The van der Waals surface area contributed by atoms with Gasteiger partial charge in [0.2, 0.25) is 5.91 Å². The van der Waals surface area contributed by atoms with E-state index in [0.29, 0.717) is 19.7 Å². The Bertz CT molecular complexity index is 692. The third-order valence-electron chi connectivity index (χ3n) is 3.79. The van der Waals surface area contributed by atoms with Crippen LogP contribution in [0.25, 0.3) is 0 Å². The number of carbonyl (C=O) groups excluding carboxylic acids is 1. The van der Waals surface area contributed by atoms with Gasteiger partial charge in [0.1, 0.15) is 18.5 Å². The van der Waals surface area contributed by atoms with E-state index in [2.05, 4.69) is 15.1 Å². The molecule has 0 aromatic carbocycles. The molecule has 0 unspecified atom stereocenters. The zero-order chi connectivity index (χ0) is 16.4. The van der Waals surface area contributed by atoms with Crippen molar-refractivity contribution in [3.8, 4) is 0 Å². The number of nitrogens with zero attached hydrogens (tertiary/aromatic N) is 5. The maximum atomic E-state index is 12.5. The number of ether oxygens (including phenoxy) is 1. The molecule has 1 aliphatic heterocycles. The van der Waals surface area contributed by atoms with Crippen molar-refractivity contribution < 1.29 is 9.53 Å². The molecule has 1 saturated heterocycles. The highest BCUT2D eigenvalue weighted by Gasteiger charge is 2.26. The molecule has 1 aliphatic rings. The lowest BCUT2D eigenvalue weighted by atomic mass is 10.1. The summed E-state index contributed by atoms with van der Waals surface area (Å²) < 4.78 is 7.47. The molecule has 7 heteroatoms. The Morgan fingerprint density at radius 3 is 2.87 bits per heavy atom. The van der Waals surface area contributed by atoms with Gasteiger partial charge < -0.3 is 9.64 Å². The smallest absolute Gasteiger partial charge is 0.244 e. The number of amides is 1.